The summed E-state index contributed by atoms with van der Waals surface area (Å²) >= 11 is 0. The van der Waals surface area contributed by atoms with Crippen LogP contribution in [0.15, 0.2) is 0 Å². The molecular weight excluding hydrogens is 436 g/mol. The van der Waals surface area contributed by atoms with Gasteiger partial charge in [0.1, 0.15) is 12.1 Å². The van der Waals surface area contributed by atoms with Crippen molar-refractivity contribution in [1.29, 1.82) is 0 Å². The number of hydrogen-bond acceptors (Lipinski definition) is 9. The zero-order valence-electron chi connectivity index (χ0n) is 20.8. The lowest BCUT2D eigenvalue weighted by molar-refractivity contribution is -0.149. The van der Waals surface area contributed by atoms with E-state index < -0.39 is 0 Å². The highest BCUT2D eigenvalue weighted by Gasteiger charge is 2.43. The summed E-state index contributed by atoms with van der Waals surface area (Å²) in [5, 5.41) is 16.4. The Morgan fingerprint density at radius 3 is 2.59 bits per heavy atom. The summed E-state index contributed by atoms with van der Waals surface area (Å²) in [6.07, 6.45) is 6.66. The van der Waals surface area contributed by atoms with Crippen LogP contribution in [0.2, 0.25) is 0 Å². The van der Waals surface area contributed by atoms with E-state index in [9.17, 15) is 9.59 Å². The number of tetrazole rings is 1. The monoisotopic (exact) mass is 476 g/mol. The molecule has 1 aromatic heterocycles. The maximum atomic E-state index is 12.8. The molecular formula is C24H40N6O4. The van der Waals surface area contributed by atoms with Gasteiger partial charge in [-0.1, -0.05) is 6.92 Å². The minimum Gasteiger partial charge on any atom is -0.465 e. The summed E-state index contributed by atoms with van der Waals surface area (Å²) in [4.78, 5) is 29.0. The molecule has 1 aromatic rings. The van der Waals surface area contributed by atoms with E-state index in [0.29, 0.717) is 37.4 Å². The molecule has 2 aliphatic heterocycles. The number of carbonyl (C=O) groups excluding carboxylic acids is 2. The number of aryl methyl sites for hydroxylation is 1. The third kappa shape index (κ3) is 5.76. The van der Waals surface area contributed by atoms with Gasteiger partial charge < -0.3 is 14.8 Å². The quantitative estimate of drug-likeness (QED) is 0.533. The molecule has 0 aromatic carbocycles. The van der Waals surface area contributed by atoms with Crippen LogP contribution in [0.25, 0.3) is 0 Å². The molecule has 0 unspecified atom stereocenters. The predicted octanol–water partition coefficient (Wildman–Crippen LogP) is 1.76. The van der Waals surface area contributed by atoms with E-state index in [1.807, 2.05) is 13.8 Å². The third-order valence-electron chi connectivity index (χ3n) is 7.69. The van der Waals surface area contributed by atoms with Gasteiger partial charge in [-0.2, -0.15) is 4.80 Å². The predicted molar refractivity (Wildman–Crippen MR) is 125 cm³/mol. The second kappa shape index (κ2) is 11.6. The van der Waals surface area contributed by atoms with E-state index >= 15 is 0 Å². The highest BCUT2D eigenvalue weighted by Crippen LogP contribution is 2.40. The van der Waals surface area contributed by atoms with E-state index in [4.69, 9.17) is 9.47 Å². The van der Waals surface area contributed by atoms with Gasteiger partial charge in [-0.25, -0.2) is 0 Å². The minimum absolute atomic E-state index is 0.0240. The highest BCUT2D eigenvalue weighted by atomic mass is 16.5. The molecule has 1 aliphatic carbocycles. The van der Waals surface area contributed by atoms with E-state index in [1.54, 1.807) is 4.80 Å². The van der Waals surface area contributed by atoms with Gasteiger partial charge in [0.2, 0.25) is 0 Å². The number of aromatic nitrogens is 4. The van der Waals surface area contributed by atoms with Gasteiger partial charge in [0.05, 0.1) is 19.3 Å². The first-order chi connectivity index (χ1) is 16.5. The van der Waals surface area contributed by atoms with Crippen molar-refractivity contribution in [1.82, 2.24) is 30.4 Å². The molecule has 0 spiro atoms. The zero-order chi connectivity index (χ0) is 24.1. The normalized spacial score (nSPS) is 31.7. The molecule has 6 atom stereocenters. The molecule has 3 fully saturated rings. The van der Waals surface area contributed by atoms with E-state index in [0.717, 1.165) is 64.0 Å². The van der Waals surface area contributed by atoms with Crippen molar-refractivity contribution < 1.29 is 19.1 Å². The number of piperidine rings is 1. The Bertz CT molecular complexity index is 832. The van der Waals surface area contributed by atoms with Crippen LogP contribution in [0.4, 0.5) is 0 Å². The smallest absolute Gasteiger partial charge is 0.323 e. The van der Waals surface area contributed by atoms with Crippen LogP contribution in [0.5, 0.6) is 0 Å². The van der Waals surface area contributed by atoms with Gasteiger partial charge in [0.15, 0.2) is 5.82 Å². The van der Waals surface area contributed by atoms with Gasteiger partial charge in [-0.3, -0.25) is 14.5 Å². The first kappa shape index (κ1) is 25.0. The van der Waals surface area contributed by atoms with Crippen LogP contribution in [-0.4, -0.2) is 82.0 Å². The zero-order valence-corrected chi connectivity index (χ0v) is 20.8. The standard InChI is InChI=1S/C24H40N6O4/c1-4-7-22-26-28-30(27-22)19-12-21(24(32)34-6-3)29(15-19)14-16-8-9-17-13-25-20(11-18(17)10-16)23(31)33-5-2/h16-21,25H,4-15H2,1-3H3/t16-,17-,18+,19-,20-,21-/m0/s1. The maximum Gasteiger partial charge on any atom is 0.323 e. The van der Waals surface area contributed by atoms with Crippen LogP contribution in [0, 0.1) is 17.8 Å². The number of likely N-dealkylation sites (tertiary alicyclic amines) is 1. The van der Waals surface area contributed by atoms with Gasteiger partial charge >= 0.3 is 11.9 Å². The average Bonchev–Trinajstić information content (AvgIpc) is 3.46. The summed E-state index contributed by atoms with van der Waals surface area (Å²) in [7, 11) is 0. The first-order valence-corrected chi connectivity index (χ1v) is 13.1. The number of nitrogens with one attached hydrogen (secondary N) is 1. The van der Waals surface area contributed by atoms with E-state index in [2.05, 4.69) is 32.6 Å². The maximum absolute atomic E-state index is 12.8. The van der Waals surface area contributed by atoms with Crippen LogP contribution in [0.3, 0.4) is 0 Å². The molecule has 10 heteroatoms. The lowest BCUT2D eigenvalue weighted by Gasteiger charge is -2.43. The second-order valence-electron chi connectivity index (χ2n) is 10.0. The van der Waals surface area contributed by atoms with Crippen molar-refractivity contribution in [3.63, 3.8) is 0 Å². The average molecular weight is 477 g/mol. The van der Waals surface area contributed by atoms with Crippen LogP contribution in [-0.2, 0) is 25.5 Å². The largest absolute Gasteiger partial charge is 0.465 e. The number of carbonyl (C=O) groups is 2. The lowest BCUT2D eigenvalue weighted by atomic mass is 9.69. The molecule has 0 radical (unpaired) electrons. The second-order valence-corrected chi connectivity index (χ2v) is 10.0. The molecule has 3 aliphatic rings. The Morgan fingerprint density at radius 2 is 1.82 bits per heavy atom. The van der Waals surface area contributed by atoms with Crippen molar-refractivity contribution in [2.24, 2.45) is 17.8 Å². The molecule has 3 heterocycles. The molecule has 34 heavy (non-hydrogen) atoms. The van der Waals surface area contributed by atoms with Crippen molar-refractivity contribution in [3.05, 3.63) is 5.82 Å². The number of rotatable bonds is 9. The summed E-state index contributed by atoms with van der Waals surface area (Å²) in [5.74, 6) is 2.10. The van der Waals surface area contributed by atoms with Gasteiger partial charge in [0, 0.05) is 19.5 Å². The Morgan fingerprint density at radius 1 is 1.03 bits per heavy atom. The summed E-state index contributed by atoms with van der Waals surface area (Å²) in [5.41, 5.74) is 0. The molecule has 0 bridgehead atoms. The van der Waals surface area contributed by atoms with Crippen molar-refractivity contribution >= 4 is 11.9 Å². The molecule has 4 rings (SSSR count). The Labute approximate surface area is 202 Å². The fourth-order valence-electron chi connectivity index (χ4n) is 6.05. The third-order valence-corrected chi connectivity index (χ3v) is 7.69. The molecule has 0 amide bonds. The minimum atomic E-state index is -0.274. The van der Waals surface area contributed by atoms with Crippen molar-refractivity contribution in [2.75, 3.05) is 32.8 Å². The summed E-state index contributed by atoms with van der Waals surface area (Å²) < 4.78 is 10.7. The molecule has 1 saturated carbocycles. The number of esters is 2. The highest BCUT2D eigenvalue weighted by molar-refractivity contribution is 5.76. The molecule has 10 nitrogen and oxygen atoms in total. The number of hydrogen-bond donors (Lipinski definition) is 1. The first-order valence-electron chi connectivity index (χ1n) is 13.1. The number of fused-ring (bicyclic) bond motifs is 1. The summed E-state index contributed by atoms with van der Waals surface area (Å²) in [6, 6.07) is -0.446. The topological polar surface area (TPSA) is 111 Å². The number of ether oxygens (including phenoxy) is 2. The van der Waals surface area contributed by atoms with Crippen LogP contribution >= 0.6 is 0 Å². The molecule has 1 N–H and O–H groups in total. The van der Waals surface area contributed by atoms with Gasteiger partial charge in [0.25, 0.3) is 0 Å². The fourth-order valence-corrected chi connectivity index (χ4v) is 6.05. The van der Waals surface area contributed by atoms with Crippen molar-refractivity contribution in [2.45, 2.75) is 83.8 Å². The van der Waals surface area contributed by atoms with Crippen molar-refractivity contribution in [3.8, 4) is 0 Å². The number of nitrogens with zero attached hydrogens (tertiary/aromatic N) is 5. The van der Waals surface area contributed by atoms with Crippen LogP contribution in [0.1, 0.15) is 71.2 Å². The van der Waals surface area contributed by atoms with Crippen LogP contribution < -0.4 is 5.32 Å². The molecule has 2 saturated heterocycles. The molecule has 190 valence electrons. The van der Waals surface area contributed by atoms with Gasteiger partial charge in [-0.05, 0) is 81.9 Å². The fraction of sp³-hybridized carbons (Fsp3) is 0.875. The summed E-state index contributed by atoms with van der Waals surface area (Å²) in [6.45, 7) is 9.06. The lowest BCUT2D eigenvalue weighted by Crippen LogP contribution is -2.51. The van der Waals surface area contributed by atoms with E-state index in [1.165, 1.54) is 0 Å². The Hall–Kier alpha value is -2.07. The Kier molecular flexibility index (Phi) is 8.52. The SMILES string of the molecule is CCCc1nnn([C@H]2C[C@@H](C(=O)OCC)N(C[C@H]3CC[C@H]4CN[C@H](C(=O)OCC)C[C@H]4C3)C2)n1. The Balaban J connectivity index is 1.39. The van der Waals surface area contributed by atoms with E-state index in [-0.39, 0.29) is 30.1 Å². The van der Waals surface area contributed by atoms with Gasteiger partial charge in [-0.15, -0.1) is 10.2 Å².